The predicted octanol–water partition coefficient (Wildman–Crippen LogP) is 3.39. The first-order chi connectivity index (χ1) is 10.8. The standard InChI is InChI=1S/C18H23N3O/c22-18(20-17-9-4-5-10-17)11-6-12-21-14-16(13-19-21)15-7-2-1-3-8-15/h1-3,7-8,13-14,17H,4-6,9-12H2,(H,20,22). The van der Waals surface area contributed by atoms with Crippen LogP contribution in [0.5, 0.6) is 0 Å². The van der Waals surface area contributed by atoms with Crippen molar-refractivity contribution in [1.82, 2.24) is 15.1 Å². The molecule has 0 unspecified atom stereocenters. The zero-order chi connectivity index (χ0) is 15.2. The molecule has 0 saturated heterocycles. The quantitative estimate of drug-likeness (QED) is 0.888. The highest BCUT2D eigenvalue weighted by atomic mass is 16.1. The van der Waals surface area contributed by atoms with E-state index >= 15 is 0 Å². The van der Waals surface area contributed by atoms with Gasteiger partial charge in [0.15, 0.2) is 0 Å². The van der Waals surface area contributed by atoms with E-state index < -0.39 is 0 Å². The van der Waals surface area contributed by atoms with Crippen molar-refractivity contribution in [2.45, 2.75) is 51.1 Å². The molecule has 0 spiro atoms. The second kappa shape index (κ2) is 7.25. The Hall–Kier alpha value is -2.10. The smallest absolute Gasteiger partial charge is 0.220 e. The van der Waals surface area contributed by atoms with Crippen LogP contribution in [-0.4, -0.2) is 21.7 Å². The fraction of sp³-hybridized carbons (Fsp3) is 0.444. The summed E-state index contributed by atoms with van der Waals surface area (Å²) in [4.78, 5) is 11.9. The van der Waals surface area contributed by atoms with Gasteiger partial charge in [0.1, 0.15) is 0 Å². The molecule has 0 radical (unpaired) electrons. The third kappa shape index (κ3) is 3.97. The van der Waals surface area contributed by atoms with E-state index in [1.807, 2.05) is 35.3 Å². The summed E-state index contributed by atoms with van der Waals surface area (Å²) in [6.45, 7) is 0.783. The molecule has 1 aliphatic rings. The van der Waals surface area contributed by atoms with Crippen LogP contribution >= 0.6 is 0 Å². The molecule has 22 heavy (non-hydrogen) atoms. The number of amides is 1. The van der Waals surface area contributed by atoms with Crippen LogP contribution in [0.2, 0.25) is 0 Å². The zero-order valence-electron chi connectivity index (χ0n) is 12.9. The van der Waals surface area contributed by atoms with Crippen molar-refractivity contribution in [3.8, 4) is 11.1 Å². The number of aromatic nitrogens is 2. The van der Waals surface area contributed by atoms with Gasteiger partial charge in [-0.15, -0.1) is 0 Å². The molecule has 116 valence electrons. The first kappa shape index (κ1) is 14.8. The minimum absolute atomic E-state index is 0.183. The number of aryl methyl sites for hydroxylation is 1. The highest BCUT2D eigenvalue weighted by Crippen LogP contribution is 2.18. The van der Waals surface area contributed by atoms with Gasteiger partial charge in [0.2, 0.25) is 5.91 Å². The average Bonchev–Trinajstić information content (AvgIpc) is 3.20. The minimum Gasteiger partial charge on any atom is -0.353 e. The molecule has 1 saturated carbocycles. The number of carbonyl (C=O) groups excluding carboxylic acids is 1. The highest BCUT2D eigenvalue weighted by Gasteiger charge is 2.16. The summed E-state index contributed by atoms with van der Waals surface area (Å²) in [6, 6.07) is 10.6. The minimum atomic E-state index is 0.183. The summed E-state index contributed by atoms with van der Waals surface area (Å²) in [7, 11) is 0. The van der Waals surface area contributed by atoms with E-state index in [1.54, 1.807) is 0 Å². The van der Waals surface area contributed by atoms with Crippen LogP contribution in [0.3, 0.4) is 0 Å². The molecule has 1 heterocycles. The maximum atomic E-state index is 11.9. The zero-order valence-corrected chi connectivity index (χ0v) is 12.9. The van der Waals surface area contributed by atoms with Gasteiger partial charge < -0.3 is 5.32 Å². The van der Waals surface area contributed by atoms with Gasteiger partial charge in [-0.1, -0.05) is 43.2 Å². The molecule has 2 aromatic rings. The lowest BCUT2D eigenvalue weighted by Gasteiger charge is -2.11. The van der Waals surface area contributed by atoms with E-state index in [-0.39, 0.29) is 5.91 Å². The largest absolute Gasteiger partial charge is 0.353 e. The van der Waals surface area contributed by atoms with E-state index in [0.29, 0.717) is 12.5 Å². The summed E-state index contributed by atoms with van der Waals surface area (Å²) >= 11 is 0. The summed E-state index contributed by atoms with van der Waals surface area (Å²) in [5, 5.41) is 7.51. The van der Waals surface area contributed by atoms with Gasteiger partial charge in [0.25, 0.3) is 0 Å². The van der Waals surface area contributed by atoms with E-state index in [2.05, 4.69) is 22.5 Å². The molecule has 1 aliphatic carbocycles. The monoisotopic (exact) mass is 297 g/mol. The Kier molecular flexibility index (Phi) is 4.88. The van der Waals surface area contributed by atoms with Crippen molar-refractivity contribution >= 4 is 5.91 Å². The fourth-order valence-electron chi connectivity index (χ4n) is 3.04. The van der Waals surface area contributed by atoms with Gasteiger partial charge in [0, 0.05) is 30.8 Å². The summed E-state index contributed by atoms with van der Waals surface area (Å²) in [6.07, 6.45) is 10.1. The topological polar surface area (TPSA) is 46.9 Å². The van der Waals surface area contributed by atoms with Gasteiger partial charge in [-0.2, -0.15) is 5.10 Å². The molecular weight excluding hydrogens is 274 g/mol. The van der Waals surface area contributed by atoms with Crippen LogP contribution < -0.4 is 5.32 Å². The third-order valence-corrected chi connectivity index (χ3v) is 4.25. The number of rotatable bonds is 6. The van der Waals surface area contributed by atoms with Crippen LogP contribution in [0.15, 0.2) is 42.7 Å². The van der Waals surface area contributed by atoms with Crippen molar-refractivity contribution in [2.24, 2.45) is 0 Å². The number of nitrogens with zero attached hydrogens (tertiary/aromatic N) is 2. The van der Waals surface area contributed by atoms with Gasteiger partial charge in [0.05, 0.1) is 6.20 Å². The van der Waals surface area contributed by atoms with Crippen molar-refractivity contribution in [2.75, 3.05) is 0 Å². The van der Waals surface area contributed by atoms with Crippen molar-refractivity contribution in [3.63, 3.8) is 0 Å². The Morgan fingerprint density at radius 3 is 2.73 bits per heavy atom. The number of benzene rings is 1. The molecule has 4 heteroatoms. The van der Waals surface area contributed by atoms with Crippen LogP contribution in [0, 0.1) is 0 Å². The van der Waals surface area contributed by atoms with Gasteiger partial charge in [-0.25, -0.2) is 0 Å². The van der Waals surface area contributed by atoms with Crippen molar-refractivity contribution in [3.05, 3.63) is 42.7 Å². The molecule has 1 fully saturated rings. The summed E-state index contributed by atoms with van der Waals surface area (Å²) in [5.41, 5.74) is 2.30. The Balaban J connectivity index is 1.44. The van der Waals surface area contributed by atoms with Crippen molar-refractivity contribution in [1.29, 1.82) is 0 Å². The first-order valence-electron chi connectivity index (χ1n) is 8.18. The molecule has 4 nitrogen and oxygen atoms in total. The second-order valence-electron chi connectivity index (χ2n) is 6.01. The van der Waals surface area contributed by atoms with E-state index in [1.165, 1.54) is 18.4 Å². The van der Waals surface area contributed by atoms with E-state index in [4.69, 9.17) is 0 Å². The Morgan fingerprint density at radius 1 is 1.18 bits per heavy atom. The van der Waals surface area contributed by atoms with Gasteiger partial charge >= 0.3 is 0 Å². The SMILES string of the molecule is O=C(CCCn1cc(-c2ccccc2)cn1)NC1CCCC1. The van der Waals surface area contributed by atoms with Crippen LogP contribution in [0.25, 0.3) is 11.1 Å². The molecule has 0 bridgehead atoms. The molecule has 1 aromatic carbocycles. The van der Waals surface area contributed by atoms with Crippen LogP contribution in [0.1, 0.15) is 38.5 Å². The maximum absolute atomic E-state index is 11.9. The van der Waals surface area contributed by atoms with E-state index in [9.17, 15) is 4.79 Å². The Labute approximate surface area is 131 Å². The van der Waals surface area contributed by atoms with Crippen molar-refractivity contribution < 1.29 is 4.79 Å². The lowest BCUT2D eigenvalue weighted by molar-refractivity contribution is -0.121. The number of nitrogens with one attached hydrogen (secondary N) is 1. The lowest BCUT2D eigenvalue weighted by atomic mass is 10.1. The number of hydrogen-bond donors (Lipinski definition) is 1. The van der Waals surface area contributed by atoms with Gasteiger partial charge in [-0.05, 0) is 24.8 Å². The second-order valence-corrected chi connectivity index (χ2v) is 6.01. The van der Waals surface area contributed by atoms with E-state index in [0.717, 1.165) is 31.4 Å². The molecule has 1 aromatic heterocycles. The Morgan fingerprint density at radius 2 is 1.95 bits per heavy atom. The Bertz CT molecular complexity index is 600. The molecule has 1 amide bonds. The lowest BCUT2D eigenvalue weighted by Crippen LogP contribution is -2.32. The summed E-state index contributed by atoms with van der Waals surface area (Å²) in [5.74, 6) is 0.183. The van der Waals surface area contributed by atoms with Gasteiger partial charge in [-0.3, -0.25) is 9.48 Å². The maximum Gasteiger partial charge on any atom is 0.220 e. The summed E-state index contributed by atoms with van der Waals surface area (Å²) < 4.78 is 1.92. The molecule has 1 N–H and O–H groups in total. The van der Waals surface area contributed by atoms with Crippen LogP contribution in [-0.2, 0) is 11.3 Å². The highest BCUT2D eigenvalue weighted by molar-refractivity contribution is 5.76. The average molecular weight is 297 g/mol. The predicted molar refractivity (Wildman–Crippen MR) is 87.3 cm³/mol. The third-order valence-electron chi connectivity index (χ3n) is 4.25. The molecule has 0 aliphatic heterocycles. The molecule has 3 rings (SSSR count). The first-order valence-corrected chi connectivity index (χ1v) is 8.18. The number of hydrogen-bond acceptors (Lipinski definition) is 2. The molecule has 0 atom stereocenters. The fourth-order valence-corrected chi connectivity index (χ4v) is 3.04. The normalized spacial score (nSPS) is 15.1. The van der Waals surface area contributed by atoms with Crippen LogP contribution in [0.4, 0.5) is 0 Å². The number of carbonyl (C=O) groups is 1. The molecular formula is C18H23N3O.